The van der Waals surface area contributed by atoms with Crippen LogP contribution in [0.1, 0.15) is 26.3 Å². The van der Waals surface area contributed by atoms with E-state index in [9.17, 15) is 0 Å². The van der Waals surface area contributed by atoms with Crippen LogP contribution in [-0.4, -0.2) is 12.6 Å². The van der Waals surface area contributed by atoms with Gasteiger partial charge in [-0.05, 0) is 37.4 Å². The van der Waals surface area contributed by atoms with Crippen molar-refractivity contribution >= 4 is 0 Å². The lowest BCUT2D eigenvalue weighted by atomic mass is 10.1. The van der Waals surface area contributed by atoms with Gasteiger partial charge in [-0.3, -0.25) is 0 Å². The van der Waals surface area contributed by atoms with Crippen LogP contribution in [0.5, 0.6) is 5.75 Å². The van der Waals surface area contributed by atoms with Gasteiger partial charge in [0, 0.05) is 0 Å². The molecule has 1 aromatic rings. The summed E-state index contributed by atoms with van der Waals surface area (Å²) in [7, 11) is 0. The van der Waals surface area contributed by atoms with Crippen LogP contribution in [0.4, 0.5) is 0 Å². The molecule has 0 aliphatic rings. The molecule has 84 valence electrons. The Hall–Kier alpha value is -1.02. The van der Waals surface area contributed by atoms with Crippen molar-refractivity contribution in [3.63, 3.8) is 0 Å². The van der Waals surface area contributed by atoms with Gasteiger partial charge >= 0.3 is 0 Å². The van der Waals surface area contributed by atoms with Gasteiger partial charge in [-0.15, -0.1) is 0 Å². The Kier molecular flexibility index (Phi) is 4.63. The van der Waals surface area contributed by atoms with E-state index in [0.29, 0.717) is 12.5 Å². The Labute approximate surface area is 92.4 Å². The van der Waals surface area contributed by atoms with Crippen LogP contribution in [0.25, 0.3) is 0 Å². The van der Waals surface area contributed by atoms with E-state index in [1.54, 1.807) is 0 Å². The van der Waals surface area contributed by atoms with E-state index in [1.807, 2.05) is 18.2 Å². The average Bonchev–Trinajstić information content (AvgIpc) is 2.21. The second kappa shape index (κ2) is 5.76. The molecule has 2 N–H and O–H groups in total. The van der Waals surface area contributed by atoms with Crippen molar-refractivity contribution in [3.05, 3.63) is 29.8 Å². The van der Waals surface area contributed by atoms with Crippen LogP contribution in [-0.2, 0) is 6.42 Å². The first-order chi connectivity index (χ1) is 7.15. The highest BCUT2D eigenvalue weighted by Gasteiger charge is 2.10. The molecule has 2 heteroatoms. The lowest BCUT2D eigenvalue weighted by molar-refractivity contribution is 0.169. The Morgan fingerprint density at radius 1 is 1.20 bits per heavy atom. The minimum Gasteiger partial charge on any atom is -0.490 e. The van der Waals surface area contributed by atoms with Gasteiger partial charge in [-0.25, -0.2) is 0 Å². The van der Waals surface area contributed by atoms with Crippen LogP contribution >= 0.6 is 0 Å². The standard InChI is InChI=1S/C13H21NO/c1-10(2)11(3)15-13-7-5-4-6-12(13)8-9-14/h4-7,10-11H,8-9,14H2,1-3H3. The number of benzene rings is 1. The fourth-order valence-electron chi connectivity index (χ4n) is 1.32. The monoisotopic (exact) mass is 207 g/mol. The molecule has 2 nitrogen and oxygen atoms in total. The molecule has 0 aliphatic heterocycles. The molecule has 0 fully saturated rings. The molecule has 0 radical (unpaired) electrons. The Bertz CT molecular complexity index is 296. The summed E-state index contributed by atoms with van der Waals surface area (Å²) in [5.41, 5.74) is 6.77. The second-order valence-corrected chi connectivity index (χ2v) is 4.21. The number of ether oxygens (including phenoxy) is 1. The maximum atomic E-state index is 5.90. The van der Waals surface area contributed by atoms with E-state index in [4.69, 9.17) is 10.5 Å². The van der Waals surface area contributed by atoms with E-state index in [2.05, 4.69) is 26.8 Å². The fraction of sp³-hybridized carbons (Fsp3) is 0.538. The highest BCUT2D eigenvalue weighted by atomic mass is 16.5. The molecule has 0 saturated heterocycles. The zero-order chi connectivity index (χ0) is 11.3. The molecule has 1 atom stereocenters. The third-order valence-electron chi connectivity index (χ3n) is 2.64. The van der Waals surface area contributed by atoms with Crippen molar-refractivity contribution in [3.8, 4) is 5.75 Å². The first kappa shape index (κ1) is 12.1. The van der Waals surface area contributed by atoms with Gasteiger partial charge < -0.3 is 10.5 Å². The highest BCUT2D eigenvalue weighted by molar-refractivity contribution is 5.33. The normalized spacial score (nSPS) is 12.9. The Morgan fingerprint density at radius 3 is 2.47 bits per heavy atom. The Morgan fingerprint density at radius 2 is 1.87 bits per heavy atom. The Balaban J connectivity index is 2.74. The van der Waals surface area contributed by atoms with E-state index < -0.39 is 0 Å². The van der Waals surface area contributed by atoms with Crippen LogP contribution in [0.15, 0.2) is 24.3 Å². The second-order valence-electron chi connectivity index (χ2n) is 4.21. The maximum Gasteiger partial charge on any atom is 0.122 e. The smallest absolute Gasteiger partial charge is 0.122 e. The van der Waals surface area contributed by atoms with Crippen molar-refractivity contribution in [2.24, 2.45) is 11.7 Å². The molecular weight excluding hydrogens is 186 g/mol. The molecular formula is C13H21NO. The van der Waals surface area contributed by atoms with Crippen LogP contribution < -0.4 is 10.5 Å². The zero-order valence-corrected chi connectivity index (χ0v) is 9.86. The highest BCUT2D eigenvalue weighted by Crippen LogP contribution is 2.21. The minimum atomic E-state index is 0.240. The van der Waals surface area contributed by atoms with Crippen molar-refractivity contribution in [1.29, 1.82) is 0 Å². The lowest BCUT2D eigenvalue weighted by Gasteiger charge is -2.20. The largest absolute Gasteiger partial charge is 0.490 e. The summed E-state index contributed by atoms with van der Waals surface area (Å²) in [4.78, 5) is 0. The molecule has 1 unspecified atom stereocenters. The van der Waals surface area contributed by atoms with E-state index >= 15 is 0 Å². The molecule has 0 amide bonds. The first-order valence-electron chi connectivity index (χ1n) is 5.59. The van der Waals surface area contributed by atoms with E-state index in [0.717, 1.165) is 12.2 Å². The van der Waals surface area contributed by atoms with E-state index in [-0.39, 0.29) is 6.10 Å². The SMILES string of the molecule is CC(C)C(C)Oc1ccccc1CCN. The molecule has 15 heavy (non-hydrogen) atoms. The summed E-state index contributed by atoms with van der Waals surface area (Å²) in [6.07, 6.45) is 1.12. The predicted octanol–water partition coefficient (Wildman–Crippen LogP) is 2.61. The summed E-state index contributed by atoms with van der Waals surface area (Å²) in [5.74, 6) is 1.50. The van der Waals surface area contributed by atoms with Crippen LogP contribution in [0, 0.1) is 5.92 Å². The number of hydrogen-bond donors (Lipinski definition) is 1. The third kappa shape index (κ3) is 3.56. The average molecular weight is 207 g/mol. The van der Waals surface area contributed by atoms with Crippen LogP contribution in [0.2, 0.25) is 0 Å². The summed E-state index contributed by atoms with van der Waals surface area (Å²) < 4.78 is 5.90. The number of hydrogen-bond acceptors (Lipinski definition) is 2. The summed E-state index contributed by atoms with van der Waals surface area (Å²) >= 11 is 0. The molecule has 0 spiro atoms. The molecule has 0 aliphatic carbocycles. The molecule has 1 aromatic carbocycles. The third-order valence-corrected chi connectivity index (χ3v) is 2.64. The van der Waals surface area contributed by atoms with Crippen LogP contribution in [0.3, 0.4) is 0 Å². The number of nitrogens with two attached hydrogens (primary N) is 1. The van der Waals surface area contributed by atoms with Crippen molar-refractivity contribution in [1.82, 2.24) is 0 Å². The quantitative estimate of drug-likeness (QED) is 0.805. The van der Waals surface area contributed by atoms with Gasteiger partial charge in [0.25, 0.3) is 0 Å². The minimum absolute atomic E-state index is 0.240. The molecule has 0 bridgehead atoms. The number of para-hydroxylation sites is 1. The maximum absolute atomic E-state index is 5.90. The van der Waals surface area contributed by atoms with Gasteiger partial charge in [0.15, 0.2) is 0 Å². The van der Waals surface area contributed by atoms with Crippen molar-refractivity contribution in [2.45, 2.75) is 33.3 Å². The summed E-state index contributed by atoms with van der Waals surface area (Å²) in [5, 5.41) is 0. The molecule has 0 heterocycles. The van der Waals surface area contributed by atoms with Gasteiger partial charge in [0.1, 0.15) is 5.75 Å². The molecule has 0 saturated carbocycles. The van der Waals surface area contributed by atoms with Gasteiger partial charge in [-0.1, -0.05) is 32.0 Å². The van der Waals surface area contributed by atoms with Crippen molar-refractivity contribution < 1.29 is 4.74 Å². The topological polar surface area (TPSA) is 35.2 Å². The van der Waals surface area contributed by atoms with Crippen molar-refractivity contribution in [2.75, 3.05) is 6.54 Å². The van der Waals surface area contributed by atoms with Gasteiger partial charge in [-0.2, -0.15) is 0 Å². The van der Waals surface area contributed by atoms with Gasteiger partial charge in [0.05, 0.1) is 6.10 Å². The van der Waals surface area contributed by atoms with E-state index in [1.165, 1.54) is 5.56 Å². The first-order valence-corrected chi connectivity index (χ1v) is 5.59. The zero-order valence-electron chi connectivity index (χ0n) is 9.86. The molecule has 1 rings (SSSR count). The summed E-state index contributed by atoms with van der Waals surface area (Å²) in [6.45, 7) is 7.09. The fourth-order valence-corrected chi connectivity index (χ4v) is 1.32. The molecule has 0 aromatic heterocycles. The van der Waals surface area contributed by atoms with Gasteiger partial charge in [0.2, 0.25) is 0 Å². The lowest BCUT2D eigenvalue weighted by Crippen LogP contribution is -2.19. The summed E-state index contributed by atoms with van der Waals surface area (Å²) in [6, 6.07) is 8.12. The predicted molar refractivity (Wildman–Crippen MR) is 64.1 cm³/mol. The number of rotatable bonds is 5.